The summed E-state index contributed by atoms with van der Waals surface area (Å²) in [5.74, 6) is 0.149. The van der Waals surface area contributed by atoms with Crippen LogP contribution in [0.3, 0.4) is 0 Å². The molecule has 0 aliphatic carbocycles. The van der Waals surface area contributed by atoms with Crippen LogP contribution in [0.25, 0.3) is 5.69 Å². The van der Waals surface area contributed by atoms with Gasteiger partial charge in [-0.25, -0.2) is 9.07 Å². The van der Waals surface area contributed by atoms with E-state index in [9.17, 15) is 9.18 Å². The summed E-state index contributed by atoms with van der Waals surface area (Å²) in [5, 5.41) is 10.4. The van der Waals surface area contributed by atoms with Crippen molar-refractivity contribution >= 4 is 11.6 Å². The number of aromatic nitrogens is 2. The fourth-order valence-electron chi connectivity index (χ4n) is 3.36. The molecule has 25 heavy (non-hydrogen) atoms. The molecule has 2 heterocycles. The normalized spacial score (nSPS) is 15.3. The highest BCUT2D eigenvalue weighted by molar-refractivity contribution is 5.90. The number of anilines is 1. The van der Waals surface area contributed by atoms with Gasteiger partial charge in [0.05, 0.1) is 5.69 Å². The average Bonchev–Trinajstić information content (AvgIpc) is 2.92. The van der Waals surface area contributed by atoms with E-state index < -0.39 is 5.82 Å². The largest absolute Gasteiger partial charge is 0.326 e. The smallest absolute Gasteiger partial charge is 0.224 e. The van der Waals surface area contributed by atoms with Crippen molar-refractivity contribution in [3.8, 4) is 5.69 Å². The number of hydrogen-bond acceptors (Lipinski definition) is 3. The van der Waals surface area contributed by atoms with Gasteiger partial charge in [0.2, 0.25) is 5.91 Å². The maximum atomic E-state index is 14.4. The lowest BCUT2D eigenvalue weighted by Gasteiger charge is -2.22. The molecule has 0 unspecified atom stereocenters. The Hall–Kier alpha value is -2.21. The number of benzene rings is 1. The number of carbonyl (C=O) groups is 1. The van der Waals surface area contributed by atoms with Crippen LogP contribution in [0.2, 0.25) is 0 Å². The van der Waals surface area contributed by atoms with E-state index in [1.165, 1.54) is 6.07 Å². The molecule has 5 nitrogen and oxygen atoms in total. The fraction of sp³-hybridized carbons (Fsp3) is 0.474. The van der Waals surface area contributed by atoms with Crippen molar-refractivity contribution in [2.75, 3.05) is 18.4 Å². The zero-order valence-corrected chi connectivity index (χ0v) is 14.8. The first-order valence-electron chi connectivity index (χ1n) is 8.86. The molecule has 1 aromatic heterocycles. The highest BCUT2D eigenvalue weighted by Crippen LogP contribution is 2.21. The van der Waals surface area contributed by atoms with Crippen molar-refractivity contribution < 1.29 is 9.18 Å². The first kappa shape index (κ1) is 17.6. The zero-order chi connectivity index (χ0) is 17.8. The van der Waals surface area contributed by atoms with Crippen LogP contribution < -0.4 is 10.6 Å². The number of rotatable bonds is 5. The second kappa shape index (κ2) is 7.78. The molecule has 1 aliphatic heterocycles. The van der Waals surface area contributed by atoms with Crippen molar-refractivity contribution in [1.29, 1.82) is 0 Å². The summed E-state index contributed by atoms with van der Waals surface area (Å²) in [6.07, 6.45) is 3.61. The van der Waals surface area contributed by atoms with E-state index >= 15 is 0 Å². The highest BCUT2D eigenvalue weighted by Gasteiger charge is 2.15. The second-order valence-electron chi connectivity index (χ2n) is 6.79. The Morgan fingerprint density at radius 3 is 2.72 bits per heavy atom. The number of halogens is 1. The van der Waals surface area contributed by atoms with Gasteiger partial charge in [0.15, 0.2) is 5.82 Å². The summed E-state index contributed by atoms with van der Waals surface area (Å²) in [6.45, 7) is 5.82. The SMILES string of the molecule is Cc1cc(C)n(-c2ccc(NC(=O)CCC3CCNCC3)cc2F)n1. The number of amides is 1. The second-order valence-corrected chi connectivity index (χ2v) is 6.79. The van der Waals surface area contributed by atoms with Gasteiger partial charge in [-0.15, -0.1) is 0 Å². The minimum Gasteiger partial charge on any atom is -0.326 e. The van der Waals surface area contributed by atoms with Gasteiger partial charge in [0, 0.05) is 17.8 Å². The van der Waals surface area contributed by atoms with E-state index in [2.05, 4.69) is 15.7 Å². The van der Waals surface area contributed by atoms with Gasteiger partial charge in [-0.1, -0.05) is 0 Å². The van der Waals surface area contributed by atoms with Crippen LogP contribution in [0.5, 0.6) is 0 Å². The summed E-state index contributed by atoms with van der Waals surface area (Å²) < 4.78 is 16.0. The molecule has 1 fully saturated rings. The van der Waals surface area contributed by atoms with Gasteiger partial charge >= 0.3 is 0 Å². The van der Waals surface area contributed by atoms with Gasteiger partial charge < -0.3 is 10.6 Å². The van der Waals surface area contributed by atoms with E-state index in [1.807, 2.05) is 19.9 Å². The predicted molar refractivity (Wildman–Crippen MR) is 96.5 cm³/mol. The number of hydrogen-bond donors (Lipinski definition) is 2. The summed E-state index contributed by atoms with van der Waals surface area (Å²) >= 11 is 0. The maximum absolute atomic E-state index is 14.4. The Kier molecular flexibility index (Phi) is 5.48. The van der Waals surface area contributed by atoms with Crippen LogP contribution >= 0.6 is 0 Å². The number of carbonyl (C=O) groups excluding carboxylic acids is 1. The Labute approximate surface area is 147 Å². The monoisotopic (exact) mass is 344 g/mol. The molecule has 1 aromatic carbocycles. The predicted octanol–water partition coefficient (Wildman–Crippen LogP) is 3.35. The topological polar surface area (TPSA) is 59.0 Å². The zero-order valence-electron chi connectivity index (χ0n) is 14.8. The van der Waals surface area contributed by atoms with E-state index in [1.54, 1.807) is 16.8 Å². The molecule has 2 N–H and O–H groups in total. The first-order chi connectivity index (χ1) is 12.0. The molecule has 1 amide bonds. The van der Waals surface area contributed by atoms with Crippen LogP contribution in [-0.2, 0) is 4.79 Å². The molecule has 1 aliphatic rings. The third-order valence-corrected chi connectivity index (χ3v) is 4.71. The van der Waals surface area contributed by atoms with Crippen molar-refractivity contribution in [2.24, 2.45) is 5.92 Å². The standard InChI is InChI=1S/C19H25FN4O/c1-13-11-14(2)24(23-13)18-5-4-16(12-17(18)20)22-19(25)6-3-15-7-9-21-10-8-15/h4-5,11-12,15,21H,3,6-10H2,1-2H3,(H,22,25). The molecule has 1 saturated heterocycles. The fourth-order valence-corrected chi connectivity index (χ4v) is 3.36. The number of piperidine rings is 1. The summed E-state index contributed by atoms with van der Waals surface area (Å²) in [4.78, 5) is 12.1. The van der Waals surface area contributed by atoms with E-state index in [0.717, 1.165) is 43.7 Å². The number of aryl methyl sites for hydroxylation is 2. The third-order valence-electron chi connectivity index (χ3n) is 4.71. The van der Waals surface area contributed by atoms with Crippen LogP contribution in [0.1, 0.15) is 37.1 Å². The van der Waals surface area contributed by atoms with E-state index in [-0.39, 0.29) is 5.91 Å². The van der Waals surface area contributed by atoms with Crippen LogP contribution in [-0.4, -0.2) is 28.8 Å². The lowest BCUT2D eigenvalue weighted by atomic mass is 9.93. The number of nitrogens with zero attached hydrogens (tertiary/aromatic N) is 2. The minimum atomic E-state index is -0.401. The molecular formula is C19H25FN4O. The molecule has 134 valence electrons. The van der Waals surface area contributed by atoms with Gasteiger partial charge in [-0.2, -0.15) is 5.10 Å². The molecule has 3 rings (SSSR count). The molecule has 2 aromatic rings. The van der Waals surface area contributed by atoms with Crippen LogP contribution in [0.15, 0.2) is 24.3 Å². The lowest BCUT2D eigenvalue weighted by Crippen LogP contribution is -2.28. The molecule has 0 atom stereocenters. The van der Waals surface area contributed by atoms with Crippen molar-refractivity contribution in [3.05, 3.63) is 41.5 Å². The Balaban J connectivity index is 1.60. The van der Waals surface area contributed by atoms with Crippen molar-refractivity contribution in [3.63, 3.8) is 0 Å². The summed E-state index contributed by atoms with van der Waals surface area (Å²) in [7, 11) is 0. The highest BCUT2D eigenvalue weighted by atomic mass is 19.1. The first-order valence-corrected chi connectivity index (χ1v) is 8.86. The molecule has 0 bridgehead atoms. The Morgan fingerprint density at radius 1 is 1.32 bits per heavy atom. The van der Waals surface area contributed by atoms with E-state index in [4.69, 9.17) is 0 Å². The lowest BCUT2D eigenvalue weighted by molar-refractivity contribution is -0.116. The van der Waals surface area contributed by atoms with Crippen molar-refractivity contribution in [1.82, 2.24) is 15.1 Å². The molecular weight excluding hydrogens is 319 g/mol. The van der Waals surface area contributed by atoms with Crippen LogP contribution in [0, 0.1) is 25.6 Å². The number of nitrogens with one attached hydrogen (secondary N) is 2. The average molecular weight is 344 g/mol. The summed E-state index contributed by atoms with van der Waals surface area (Å²) in [6, 6.07) is 6.62. The van der Waals surface area contributed by atoms with Crippen molar-refractivity contribution in [2.45, 2.75) is 39.5 Å². The van der Waals surface area contributed by atoms with Gasteiger partial charge in [-0.3, -0.25) is 4.79 Å². The van der Waals surface area contributed by atoms with E-state index in [0.29, 0.717) is 23.7 Å². The van der Waals surface area contributed by atoms with Gasteiger partial charge in [0.25, 0.3) is 0 Å². The molecule has 0 radical (unpaired) electrons. The van der Waals surface area contributed by atoms with Gasteiger partial charge in [0.1, 0.15) is 5.69 Å². The summed E-state index contributed by atoms with van der Waals surface area (Å²) in [5.41, 5.74) is 2.58. The quantitative estimate of drug-likeness (QED) is 0.874. The minimum absolute atomic E-state index is 0.0585. The molecule has 6 heteroatoms. The van der Waals surface area contributed by atoms with Gasteiger partial charge in [-0.05, 0) is 76.4 Å². The Bertz CT molecular complexity index is 750. The Morgan fingerprint density at radius 2 is 2.08 bits per heavy atom. The third kappa shape index (κ3) is 4.45. The van der Waals surface area contributed by atoms with Crippen LogP contribution in [0.4, 0.5) is 10.1 Å². The maximum Gasteiger partial charge on any atom is 0.224 e. The molecule has 0 saturated carbocycles. The molecule has 0 spiro atoms.